The lowest BCUT2D eigenvalue weighted by molar-refractivity contribution is -0.132. The van der Waals surface area contributed by atoms with Gasteiger partial charge >= 0.3 is 0 Å². The van der Waals surface area contributed by atoms with Gasteiger partial charge in [-0.1, -0.05) is 0 Å². The van der Waals surface area contributed by atoms with Crippen LogP contribution >= 0.6 is 0 Å². The summed E-state index contributed by atoms with van der Waals surface area (Å²) in [5.41, 5.74) is 1.72. The van der Waals surface area contributed by atoms with Crippen molar-refractivity contribution in [2.24, 2.45) is 0 Å². The SMILES string of the molecule is CC(C)Oc1cc2c(-c3cc(N4CCN(C(C)C)C(=O)C4)ncn3)n[nH]c2cc1F. The molecule has 1 fully saturated rings. The molecule has 1 aliphatic heterocycles. The van der Waals surface area contributed by atoms with E-state index in [-0.39, 0.29) is 30.3 Å². The Balaban J connectivity index is 1.66. The molecule has 1 N–H and O–H groups in total. The van der Waals surface area contributed by atoms with Crippen LogP contribution in [0, 0.1) is 5.82 Å². The highest BCUT2D eigenvalue weighted by molar-refractivity contribution is 5.93. The Hall–Kier alpha value is -3.23. The van der Waals surface area contributed by atoms with Crippen molar-refractivity contribution in [1.82, 2.24) is 25.1 Å². The Morgan fingerprint density at radius 2 is 1.93 bits per heavy atom. The Labute approximate surface area is 174 Å². The summed E-state index contributed by atoms with van der Waals surface area (Å²) >= 11 is 0. The topological polar surface area (TPSA) is 87.2 Å². The summed E-state index contributed by atoms with van der Waals surface area (Å²) < 4.78 is 19.9. The summed E-state index contributed by atoms with van der Waals surface area (Å²) in [6.45, 7) is 9.33. The molecule has 9 heteroatoms. The van der Waals surface area contributed by atoms with E-state index in [9.17, 15) is 9.18 Å². The molecule has 1 aromatic carbocycles. The van der Waals surface area contributed by atoms with Gasteiger partial charge in [0.1, 0.15) is 17.8 Å². The largest absolute Gasteiger partial charge is 0.488 e. The summed E-state index contributed by atoms with van der Waals surface area (Å²) in [7, 11) is 0. The van der Waals surface area contributed by atoms with Gasteiger partial charge in [0.2, 0.25) is 5.91 Å². The molecule has 30 heavy (non-hydrogen) atoms. The number of piperazine rings is 1. The summed E-state index contributed by atoms with van der Waals surface area (Å²) in [4.78, 5) is 24.9. The number of anilines is 1. The van der Waals surface area contributed by atoms with Crippen LogP contribution in [-0.2, 0) is 4.79 Å². The molecule has 1 saturated heterocycles. The third-order valence-electron chi connectivity index (χ3n) is 5.08. The van der Waals surface area contributed by atoms with Crippen molar-refractivity contribution >= 4 is 22.6 Å². The Morgan fingerprint density at radius 3 is 2.63 bits per heavy atom. The number of H-pyrrole nitrogens is 1. The first-order chi connectivity index (χ1) is 14.3. The van der Waals surface area contributed by atoms with Gasteiger partial charge in [0.25, 0.3) is 0 Å². The van der Waals surface area contributed by atoms with Gasteiger partial charge in [0, 0.05) is 36.7 Å². The number of nitrogens with zero attached hydrogens (tertiary/aromatic N) is 5. The van der Waals surface area contributed by atoms with Gasteiger partial charge in [-0.2, -0.15) is 5.10 Å². The van der Waals surface area contributed by atoms with Crippen LogP contribution in [0.15, 0.2) is 24.5 Å². The first-order valence-electron chi connectivity index (χ1n) is 10.0. The number of aromatic nitrogens is 4. The maximum absolute atomic E-state index is 14.3. The minimum Gasteiger partial charge on any atom is -0.488 e. The smallest absolute Gasteiger partial charge is 0.242 e. The number of hydrogen-bond donors (Lipinski definition) is 1. The maximum Gasteiger partial charge on any atom is 0.242 e. The van der Waals surface area contributed by atoms with Crippen LogP contribution in [0.3, 0.4) is 0 Å². The van der Waals surface area contributed by atoms with E-state index in [1.807, 2.05) is 37.5 Å². The zero-order chi connectivity index (χ0) is 21.4. The molecule has 8 nitrogen and oxygen atoms in total. The molecule has 1 amide bonds. The van der Waals surface area contributed by atoms with Crippen molar-refractivity contribution < 1.29 is 13.9 Å². The number of rotatable bonds is 5. The number of nitrogens with one attached hydrogen (secondary N) is 1. The van der Waals surface area contributed by atoms with E-state index in [1.165, 1.54) is 12.4 Å². The molecule has 0 spiro atoms. The maximum atomic E-state index is 14.3. The number of benzene rings is 1. The van der Waals surface area contributed by atoms with Crippen LogP contribution in [0.2, 0.25) is 0 Å². The van der Waals surface area contributed by atoms with E-state index < -0.39 is 5.82 Å². The lowest BCUT2D eigenvalue weighted by Crippen LogP contribution is -2.53. The minimum absolute atomic E-state index is 0.0765. The summed E-state index contributed by atoms with van der Waals surface area (Å²) in [6.07, 6.45) is 1.31. The standard InChI is InChI=1S/C21H25FN6O2/c1-12(2)28-6-5-27(10-20(28)29)19-9-17(23-11-24-19)21-14-7-18(30-13(3)4)15(22)8-16(14)25-26-21/h7-9,11-13H,5-6,10H2,1-4H3,(H,25,26). The van der Waals surface area contributed by atoms with Crippen LogP contribution in [-0.4, -0.2) is 62.8 Å². The van der Waals surface area contributed by atoms with E-state index in [1.54, 1.807) is 12.1 Å². The van der Waals surface area contributed by atoms with Crippen molar-refractivity contribution in [2.75, 3.05) is 24.5 Å². The number of carbonyl (C=O) groups excluding carboxylic acids is 1. The van der Waals surface area contributed by atoms with Crippen molar-refractivity contribution in [1.29, 1.82) is 0 Å². The third-order valence-corrected chi connectivity index (χ3v) is 5.08. The number of ether oxygens (including phenoxy) is 1. The average molecular weight is 412 g/mol. The van der Waals surface area contributed by atoms with Crippen molar-refractivity contribution in [3.05, 3.63) is 30.3 Å². The van der Waals surface area contributed by atoms with E-state index in [2.05, 4.69) is 20.2 Å². The quantitative estimate of drug-likeness (QED) is 0.693. The molecule has 0 atom stereocenters. The summed E-state index contributed by atoms with van der Waals surface area (Å²) in [6, 6.07) is 4.99. The molecule has 0 aliphatic carbocycles. The minimum atomic E-state index is -0.448. The van der Waals surface area contributed by atoms with E-state index in [0.29, 0.717) is 41.2 Å². The molecule has 0 bridgehead atoms. The van der Waals surface area contributed by atoms with Gasteiger partial charge in [0.05, 0.1) is 23.9 Å². The fourth-order valence-corrected chi connectivity index (χ4v) is 3.64. The Bertz CT molecular complexity index is 1080. The zero-order valence-electron chi connectivity index (χ0n) is 17.5. The molecular weight excluding hydrogens is 387 g/mol. The van der Waals surface area contributed by atoms with Gasteiger partial charge in [-0.25, -0.2) is 14.4 Å². The van der Waals surface area contributed by atoms with Crippen molar-refractivity contribution in [2.45, 2.75) is 39.8 Å². The molecule has 4 rings (SSSR count). The number of amides is 1. The molecule has 158 valence electrons. The lowest BCUT2D eigenvalue weighted by Gasteiger charge is -2.37. The number of carbonyl (C=O) groups is 1. The van der Waals surface area contributed by atoms with E-state index in [4.69, 9.17) is 4.74 Å². The van der Waals surface area contributed by atoms with E-state index >= 15 is 0 Å². The van der Waals surface area contributed by atoms with Gasteiger partial charge in [-0.3, -0.25) is 9.89 Å². The number of fused-ring (bicyclic) bond motifs is 1. The molecule has 1 aliphatic rings. The highest BCUT2D eigenvalue weighted by Gasteiger charge is 2.27. The number of hydrogen-bond acceptors (Lipinski definition) is 6. The molecule has 3 heterocycles. The Kier molecular flexibility index (Phi) is 5.27. The second-order valence-corrected chi connectivity index (χ2v) is 7.93. The molecule has 3 aromatic rings. The molecule has 0 radical (unpaired) electrons. The Morgan fingerprint density at radius 1 is 1.13 bits per heavy atom. The molecule has 0 unspecified atom stereocenters. The highest BCUT2D eigenvalue weighted by Crippen LogP contribution is 2.32. The zero-order valence-corrected chi connectivity index (χ0v) is 17.5. The van der Waals surface area contributed by atoms with Crippen LogP contribution in [0.25, 0.3) is 22.3 Å². The van der Waals surface area contributed by atoms with Gasteiger partial charge in [0.15, 0.2) is 11.6 Å². The van der Waals surface area contributed by atoms with Gasteiger partial charge in [-0.15, -0.1) is 0 Å². The number of halogens is 1. The van der Waals surface area contributed by atoms with Crippen molar-refractivity contribution in [3.63, 3.8) is 0 Å². The predicted molar refractivity (Wildman–Crippen MR) is 112 cm³/mol. The predicted octanol–water partition coefficient (Wildman–Crippen LogP) is 3.00. The van der Waals surface area contributed by atoms with Crippen molar-refractivity contribution in [3.8, 4) is 17.1 Å². The molecule has 0 saturated carbocycles. The second kappa shape index (κ2) is 7.89. The average Bonchev–Trinajstić information content (AvgIpc) is 3.10. The van der Waals surface area contributed by atoms with Crippen LogP contribution in [0.5, 0.6) is 5.75 Å². The summed E-state index contributed by atoms with van der Waals surface area (Å²) in [5.74, 6) is 0.461. The molecular formula is C21H25FN6O2. The van der Waals surface area contributed by atoms with Crippen LogP contribution in [0.4, 0.5) is 10.2 Å². The van der Waals surface area contributed by atoms with Gasteiger partial charge < -0.3 is 14.5 Å². The fourth-order valence-electron chi connectivity index (χ4n) is 3.64. The first-order valence-corrected chi connectivity index (χ1v) is 10.0. The van der Waals surface area contributed by atoms with Gasteiger partial charge in [-0.05, 0) is 33.8 Å². The first kappa shape index (κ1) is 20.1. The second-order valence-electron chi connectivity index (χ2n) is 7.93. The van der Waals surface area contributed by atoms with Crippen LogP contribution in [0.1, 0.15) is 27.7 Å². The fraction of sp³-hybridized carbons (Fsp3) is 0.429. The highest BCUT2D eigenvalue weighted by atomic mass is 19.1. The normalized spacial score (nSPS) is 15.0. The number of aromatic amines is 1. The molecule has 2 aromatic heterocycles. The van der Waals surface area contributed by atoms with E-state index in [0.717, 1.165) is 0 Å². The van der Waals surface area contributed by atoms with Crippen LogP contribution < -0.4 is 9.64 Å². The summed E-state index contributed by atoms with van der Waals surface area (Å²) in [5, 5.41) is 7.89. The monoisotopic (exact) mass is 412 g/mol. The third kappa shape index (κ3) is 3.79. The lowest BCUT2D eigenvalue weighted by atomic mass is 10.1.